The maximum Gasteiger partial charge on any atom is 0.307 e. The van der Waals surface area contributed by atoms with Crippen molar-refractivity contribution in [2.24, 2.45) is 35.5 Å². The number of carbonyl (C=O) groups is 3. The van der Waals surface area contributed by atoms with Gasteiger partial charge in [0.2, 0.25) is 0 Å². The van der Waals surface area contributed by atoms with Crippen LogP contribution in [-0.4, -0.2) is 83.9 Å². The van der Waals surface area contributed by atoms with E-state index in [2.05, 4.69) is 57.0 Å². The second kappa shape index (κ2) is 18.3. The zero-order chi connectivity index (χ0) is 34.6. The molecular weight excluding hydrogens is 620 g/mol. The highest BCUT2D eigenvalue weighted by Gasteiger charge is 2.32. The maximum atomic E-state index is 12.2. The van der Waals surface area contributed by atoms with Gasteiger partial charge in [-0.05, 0) is 111 Å². The maximum absolute atomic E-state index is 12.2. The first-order valence-electron chi connectivity index (χ1n) is 17.9. The minimum atomic E-state index is -0.784. The van der Waals surface area contributed by atoms with E-state index in [0.29, 0.717) is 45.3 Å². The number of carboxylic acids is 3. The molecule has 2 aromatic carbocycles. The monoisotopic (exact) mass is 672 g/mol. The van der Waals surface area contributed by atoms with E-state index in [0.717, 1.165) is 80.8 Å². The lowest BCUT2D eigenvalue weighted by molar-refractivity contribution is -0.144. The molecule has 5 rings (SSSR count). The van der Waals surface area contributed by atoms with Crippen LogP contribution >= 0.6 is 0 Å². The molecule has 6 atom stereocenters. The van der Waals surface area contributed by atoms with Gasteiger partial charge in [0.05, 0.1) is 17.8 Å². The standard InChI is InChI=1S/C39H52N4O6/c44-37(45)34(31-11-14-40-22-31)10-2-1-3-17-43(25-29-8-4-6-27(18-29)20-35(38(46)47)32-12-15-41-23-32)26-30-9-5-7-28(19-30)21-36(39(48)49)33-13-16-42-24-33/h4-9,18-19,31-36,40-42H,3,10-17,20-26H2,(H,44,45)(H,46,47)(H,48,49). The molecule has 0 amide bonds. The Hall–Kier alpha value is -3.75. The largest absolute Gasteiger partial charge is 0.481 e. The third-order valence-corrected chi connectivity index (χ3v) is 10.7. The Morgan fingerprint density at radius 3 is 1.49 bits per heavy atom. The average Bonchev–Trinajstić information content (AvgIpc) is 3.89. The molecule has 0 aromatic heterocycles. The fourth-order valence-electron chi connectivity index (χ4n) is 7.86. The van der Waals surface area contributed by atoms with Gasteiger partial charge in [0.25, 0.3) is 0 Å². The van der Waals surface area contributed by atoms with Crippen molar-refractivity contribution in [2.45, 2.75) is 58.0 Å². The number of carboxylic acid groups (broad SMARTS) is 3. The summed E-state index contributed by atoms with van der Waals surface area (Å²) in [6, 6.07) is 16.4. The number of benzene rings is 2. The molecule has 49 heavy (non-hydrogen) atoms. The van der Waals surface area contributed by atoms with Crippen LogP contribution < -0.4 is 16.0 Å². The summed E-state index contributed by atoms with van der Waals surface area (Å²) in [5.74, 6) is 3.16. The lowest BCUT2D eigenvalue weighted by Gasteiger charge is -2.24. The third-order valence-electron chi connectivity index (χ3n) is 10.7. The fraction of sp³-hybridized carbons (Fsp3) is 0.564. The summed E-state index contributed by atoms with van der Waals surface area (Å²) in [5.41, 5.74) is 4.21. The zero-order valence-electron chi connectivity index (χ0n) is 28.4. The minimum absolute atomic E-state index is 0.110. The second-order valence-electron chi connectivity index (χ2n) is 14.2. The number of aliphatic carboxylic acids is 3. The molecule has 0 spiro atoms. The highest BCUT2D eigenvalue weighted by Crippen LogP contribution is 2.26. The first-order valence-corrected chi connectivity index (χ1v) is 17.9. The first-order chi connectivity index (χ1) is 23.8. The Balaban J connectivity index is 1.28. The van der Waals surface area contributed by atoms with E-state index < -0.39 is 35.7 Å². The van der Waals surface area contributed by atoms with Crippen LogP contribution in [0.25, 0.3) is 0 Å². The molecule has 3 fully saturated rings. The number of rotatable bonds is 17. The Morgan fingerprint density at radius 2 is 1.08 bits per heavy atom. The van der Waals surface area contributed by atoms with E-state index in [4.69, 9.17) is 0 Å². The molecule has 10 heteroatoms. The normalized spacial score (nSPS) is 22.3. The zero-order valence-corrected chi connectivity index (χ0v) is 28.4. The van der Waals surface area contributed by atoms with Gasteiger partial charge >= 0.3 is 17.9 Å². The third kappa shape index (κ3) is 10.9. The molecule has 3 heterocycles. The smallest absolute Gasteiger partial charge is 0.307 e. The lowest BCUT2D eigenvalue weighted by atomic mass is 9.86. The summed E-state index contributed by atoms with van der Waals surface area (Å²) in [7, 11) is 0. The highest BCUT2D eigenvalue weighted by molar-refractivity contribution is 5.72. The molecule has 6 unspecified atom stereocenters. The van der Waals surface area contributed by atoms with E-state index >= 15 is 0 Å². The number of nitrogens with one attached hydrogen (secondary N) is 3. The van der Waals surface area contributed by atoms with Gasteiger partial charge in [0.15, 0.2) is 0 Å². The number of nitrogens with zero attached hydrogens (tertiary/aromatic N) is 1. The van der Waals surface area contributed by atoms with Gasteiger partial charge in [-0.25, -0.2) is 0 Å². The fourth-order valence-corrected chi connectivity index (χ4v) is 7.86. The first kappa shape index (κ1) is 36.5. The van der Waals surface area contributed by atoms with Gasteiger partial charge in [-0.1, -0.05) is 48.5 Å². The molecule has 0 aliphatic carbocycles. The summed E-state index contributed by atoms with van der Waals surface area (Å²) >= 11 is 0. The molecule has 0 radical (unpaired) electrons. The summed E-state index contributed by atoms with van der Waals surface area (Å²) in [5, 5.41) is 39.6. The molecule has 3 aliphatic heterocycles. The number of hydrogen-bond donors (Lipinski definition) is 6. The van der Waals surface area contributed by atoms with Crippen LogP contribution in [0, 0.1) is 47.3 Å². The van der Waals surface area contributed by atoms with E-state index in [1.54, 1.807) is 0 Å². The molecular formula is C39H52N4O6. The Bertz CT molecular complexity index is 1390. The van der Waals surface area contributed by atoms with Crippen molar-refractivity contribution in [3.8, 4) is 11.8 Å². The van der Waals surface area contributed by atoms with Gasteiger partial charge in [-0.15, -0.1) is 11.8 Å². The van der Waals surface area contributed by atoms with Crippen molar-refractivity contribution in [3.63, 3.8) is 0 Å². The molecule has 2 aromatic rings. The van der Waals surface area contributed by atoms with Gasteiger partial charge in [-0.3, -0.25) is 19.3 Å². The predicted octanol–water partition coefficient (Wildman–Crippen LogP) is 3.49. The van der Waals surface area contributed by atoms with Gasteiger partial charge in [0, 0.05) is 32.5 Å². The molecule has 3 aliphatic rings. The Morgan fingerprint density at radius 1 is 0.653 bits per heavy atom. The number of hydrogen-bond acceptors (Lipinski definition) is 7. The van der Waals surface area contributed by atoms with Gasteiger partial charge in [0.1, 0.15) is 0 Å². The van der Waals surface area contributed by atoms with E-state index in [9.17, 15) is 29.7 Å². The van der Waals surface area contributed by atoms with Crippen molar-refractivity contribution < 1.29 is 29.7 Å². The van der Waals surface area contributed by atoms with Crippen molar-refractivity contribution >= 4 is 17.9 Å². The molecule has 264 valence electrons. The summed E-state index contributed by atoms with van der Waals surface area (Å²) in [6.45, 7) is 6.71. The minimum Gasteiger partial charge on any atom is -0.481 e. The SMILES string of the molecule is O=C(O)C(CC#CCCN(Cc1cccc(CC(C(=O)O)C2CCNC2)c1)Cc1cccc(CC(C(=O)O)C2CCNC2)c1)C1CCNC1. The average molecular weight is 673 g/mol. The van der Waals surface area contributed by atoms with Crippen LogP contribution in [-0.2, 0) is 40.3 Å². The predicted molar refractivity (Wildman–Crippen MR) is 188 cm³/mol. The van der Waals surface area contributed by atoms with Crippen LogP contribution in [0.1, 0.15) is 54.4 Å². The van der Waals surface area contributed by atoms with E-state index in [-0.39, 0.29) is 17.8 Å². The van der Waals surface area contributed by atoms with Crippen LogP contribution in [0.15, 0.2) is 48.5 Å². The Kier molecular flexibility index (Phi) is 13.6. The molecule has 0 saturated carbocycles. The van der Waals surface area contributed by atoms with Crippen LogP contribution in [0.2, 0.25) is 0 Å². The van der Waals surface area contributed by atoms with Gasteiger partial charge in [-0.2, -0.15) is 0 Å². The second-order valence-corrected chi connectivity index (χ2v) is 14.2. The van der Waals surface area contributed by atoms with Crippen LogP contribution in [0.4, 0.5) is 0 Å². The summed E-state index contributed by atoms with van der Waals surface area (Å²) < 4.78 is 0. The summed E-state index contributed by atoms with van der Waals surface area (Å²) in [6.07, 6.45) is 4.52. The van der Waals surface area contributed by atoms with Crippen molar-refractivity contribution in [2.75, 3.05) is 45.8 Å². The molecule has 10 nitrogen and oxygen atoms in total. The lowest BCUT2D eigenvalue weighted by Crippen LogP contribution is -2.28. The van der Waals surface area contributed by atoms with Crippen molar-refractivity contribution in [1.82, 2.24) is 20.9 Å². The van der Waals surface area contributed by atoms with Crippen LogP contribution in [0.3, 0.4) is 0 Å². The Labute approximate surface area is 290 Å². The molecule has 3 saturated heterocycles. The topological polar surface area (TPSA) is 151 Å². The van der Waals surface area contributed by atoms with Crippen LogP contribution in [0.5, 0.6) is 0 Å². The quantitative estimate of drug-likeness (QED) is 0.138. The molecule has 0 bridgehead atoms. The van der Waals surface area contributed by atoms with Gasteiger partial charge < -0.3 is 31.3 Å². The highest BCUT2D eigenvalue weighted by atomic mass is 16.4. The van der Waals surface area contributed by atoms with E-state index in [1.807, 2.05) is 24.3 Å². The van der Waals surface area contributed by atoms with E-state index in [1.165, 1.54) is 0 Å². The van der Waals surface area contributed by atoms with Crippen molar-refractivity contribution in [1.29, 1.82) is 0 Å². The van der Waals surface area contributed by atoms with Crippen molar-refractivity contribution in [3.05, 3.63) is 70.8 Å². The summed E-state index contributed by atoms with van der Waals surface area (Å²) in [4.78, 5) is 38.6. The molecule has 6 N–H and O–H groups in total.